The number of rotatable bonds is 4. The van der Waals surface area contributed by atoms with E-state index in [4.69, 9.17) is 10.5 Å². The normalized spacial score (nSPS) is 10.3. The van der Waals surface area contributed by atoms with E-state index in [2.05, 4.69) is 5.32 Å². The Hall–Kier alpha value is -2.01. The number of nitrogens with two attached hydrogens (primary N) is 1. The van der Waals surface area contributed by atoms with Crippen LogP contribution in [0.2, 0.25) is 0 Å². The van der Waals surface area contributed by atoms with Crippen molar-refractivity contribution in [3.8, 4) is 5.75 Å². The molecule has 1 heterocycles. The van der Waals surface area contributed by atoms with Gasteiger partial charge in [0.25, 0.3) is 5.91 Å². The maximum Gasteiger partial charge on any atom is 0.263 e. The molecule has 0 fully saturated rings. The zero-order valence-electron chi connectivity index (χ0n) is 11.8. The third-order valence-corrected chi connectivity index (χ3v) is 4.08. The van der Waals surface area contributed by atoms with Crippen molar-refractivity contribution in [3.05, 3.63) is 34.7 Å². The molecular formula is C15H18N2O2S. The van der Waals surface area contributed by atoms with Gasteiger partial charge in [0, 0.05) is 16.6 Å². The van der Waals surface area contributed by atoms with E-state index in [9.17, 15) is 4.79 Å². The van der Waals surface area contributed by atoms with Crippen LogP contribution in [0.4, 0.5) is 5.69 Å². The fraction of sp³-hybridized carbons (Fsp3) is 0.267. The Kier molecular flexibility index (Phi) is 4.29. The van der Waals surface area contributed by atoms with E-state index < -0.39 is 0 Å². The maximum absolute atomic E-state index is 12.1. The third-order valence-electron chi connectivity index (χ3n) is 2.91. The van der Waals surface area contributed by atoms with Crippen molar-refractivity contribution in [3.63, 3.8) is 0 Å². The van der Waals surface area contributed by atoms with Gasteiger partial charge in [0.1, 0.15) is 10.6 Å². The molecule has 2 rings (SSSR count). The summed E-state index contributed by atoms with van der Waals surface area (Å²) in [6.07, 6.45) is 1.96. The van der Waals surface area contributed by atoms with Gasteiger partial charge in [-0.25, -0.2) is 0 Å². The number of amides is 1. The van der Waals surface area contributed by atoms with Gasteiger partial charge in [-0.05, 0) is 32.0 Å². The summed E-state index contributed by atoms with van der Waals surface area (Å²) < 4.78 is 6.13. The molecule has 0 radical (unpaired) electrons. The minimum Gasteiger partial charge on any atom is -0.497 e. The molecule has 106 valence electrons. The molecule has 0 spiro atoms. The number of nitrogens with one attached hydrogen (secondary N) is 1. The molecule has 0 aliphatic carbocycles. The van der Waals surface area contributed by atoms with Crippen LogP contribution in [0.5, 0.6) is 5.75 Å². The molecule has 5 heteroatoms. The highest BCUT2D eigenvalue weighted by Gasteiger charge is 2.16. The highest BCUT2D eigenvalue weighted by molar-refractivity contribution is 7.21. The van der Waals surface area contributed by atoms with Gasteiger partial charge in [-0.1, -0.05) is 11.6 Å². The average molecular weight is 290 g/mol. The van der Waals surface area contributed by atoms with Crippen LogP contribution in [0.3, 0.4) is 0 Å². The lowest BCUT2D eigenvalue weighted by Crippen LogP contribution is -2.23. The molecule has 0 aliphatic heterocycles. The number of carbonyl (C=O) groups excluding carboxylic acids is 1. The Bertz CT molecular complexity index is 670. The van der Waals surface area contributed by atoms with Gasteiger partial charge in [-0.3, -0.25) is 4.79 Å². The number of thiophene rings is 1. The minimum absolute atomic E-state index is 0.139. The van der Waals surface area contributed by atoms with Crippen molar-refractivity contribution in [1.29, 1.82) is 0 Å². The lowest BCUT2D eigenvalue weighted by Gasteiger charge is -2.01. The summed E-state index contributed by atoms with van der Waals surface area (Å²) in [4.78, 5) is 12.7. The number of hydrogen-bond acceptors (Lipinski definition) is 4. The number of carbonyl (C=O) groups is 1. The van der Waals surface area contributed by atoms with E-state index in [1.54, 1.807) is 7.11 Å². The average Bonchev–Trinajstić information content (AvgIpc) is 2.75. The number of allylic oxidation sites excluding steroid dienone is 1. The molecule has 0 saturated carbocycles. The second-order valence-corrected chi connectivity index (χ2v) is 5.75. The smallest absolute Gasteiger partial charge is 0.263 e. The summed E-state index contributed by atoms with van der Waals surface area (Å²) >= 11 is 1.38. The van der Waals surface area contributed by atoms with E-state index in [-0.39, 0.29) is 5.91 Å². The highest BCUT2D eigenvalue weighted by atomic mass is 32.1. The molecule has 2 aromatic rings. The van der Waals surface area contributed by atoms with Gasteiger partial charge in [-0.15, -0.1) is 11.3 Å². The van der Waals surface area contributed by atoms with Crippen molar-refractivity contribution < 1.29 is 9.53 Å². The van der Waals surface area contributed by atoms with E-state index in [0.717, 1.165) is 15.8 Å². The number of hydrogen-bond donors (Lipinski definition) is 2. The van der Waals surface area contributed by atoms with Gasteiger partial charge < -0.3 is 15.8 Å². The van der Waals surface area contributed by atoms with Crippen LogP contribution in [0.1, 0.15) is 23.5 Å². The van der Waals surface area contributed by atoms with Crippen LogP contribution >= 0.6 is 11.3 Å². The molecule has 0 saturated heterocycles. The molecule has 0 aliphatic rings. The Morgan fingerprint density at radius 2 is 2.20 bits per heavy atom. The maximum atomic E-state index is 12.1. The van der Waals surface area contributed by atoms with E-state index >= 15 is 0 Å². The summed E-state index contributed by atoms with van der Waals surface area (Å²) in [5.74, 6) is 0.621. The fourth-order valence-corrected chi connectivity index (χ4v) is 2.89. The highest BCUT2D eigenvalue weighted by Crippen LogP contribution is 2.35. The number of fused-ring (bicyclic) bond motifs is 1. The quantitative estimate of drug-likeness (QED) is 0.850. The molecule has 1 amide bonds. The van der Waals surface area contributed by atoms with Crippen LogP contribution in [0, 0.1) is 0 Å². The molecule has 0 atom stereocenters. The SMILES string of the molecule is COc1ccc2c(N)c(C(=O)NCC=C(C)C)sc2c1. The van der Waals surface area contributed by atoms with Crippen molar-refractivity contribution in [2.24, 2.45) is 0 Å². The van der Waals surface area contributed by atoms with E-state index in [1.165, 1.54) is 16.9 Å². The first kappa shape index (κ1) is 14.4. The van der Waals surface area contributed by atoms with Crippen molar-refractivity contribution >= 4 is 33.0 Å². The number of methoxy groups -OCH3 is 1. The number of benzene rings is 1. The Morgan fingerprint density at radius 1 is 1.45 bits per heavy atom. The van der Waals surface area contributed by atoms with Crippen molar-refractivity contribution in [2.75, 3.05) is 19.4 Å². The number of anilines is 1. The van der Waals surface area contributed by atoms with Gasteiger partial charge in [-0.2, -0.15) is 0 Å². The Balaban J connectivity index is 2.28. The largest absolute Gasteiger partial charge is 0.497 e. The van der Waals surface area contributed by atoms with Crippen LogP contribution in [0.15, 0.2) is 29.8 Å². The van der Waals surface area contributed by atoms with E-state index in [1.807, 2.05) is 38.1 Å². The van der Waals surface area contributed by atoms with Crippen LogP contribution in [-0.4, -0.2) is 19.6 Å². The lowest BCUT2D eigenvalue weighted by molar-refractivity contribution is 0.0963. The first-order chi connectivity index (χ1) is 9.52. The number of ether oxygens (including phenoxy) is 1. The molecular weight excluding hydrogens is 272 g/mol. The fourth-order valence-electron chi connectivity index (χ4n) is 1.82. The van der Waals surface area contributed by atoms with Crippen molar-refractivity contribution in [2.45, 2.75) is 13.8 Å². The topological polar surface area (TPSA) is 64.3 Å². The molecule has 20 heavy (non-hydrogen) atoms. The predicted molar refractivity (Wildman–Crippen MR) is 84.6 cm³/mol. The molecule has 0 unspecified atom stereocenters. The summed E-state index contributed by atoms with van der Waals surface area (Å²) in [5, 5.41) is 3.74. The molecule has 0 bridgehead atoms. The summed E-state index contributed by atoms with van der Waals surface area (Å²) in [6, 6.07) is 5.62. The number of nitrogen functional groups attached to an aromatic ring is 1. The Morgan fingerprint density at radius 3 is 2.85 bits per heavy atom. The zero-order valence-corrected chi connectivity index (χ0v) is 12.6. The standard InChI is InChI=1S/C15H18N2O2S/c1-9(2)6-7-17-15(18)14-13(16)11-5-4-10(19-3)8-12(11)20-14/h4-6,8H,7,16H2,1-3H3,(H,17,18). The van der Waals surface area contributed by atoms with Gasteiger partial charge in [0.15, 0.2) is 0 Å². The van der Waals surface area contributed by atoms with Crippen molar-refractivity contribution in [1.82, 2.24) is 5.32 Å². The third kappa shape index (κ3) is 2.93. The first-order valence-electron chi connectivity index (χ1n) is 6.30. The summed E-state index contributed by atoms with van der Waals surface area (Å²) in [6.45, 7) is 4.50. The zero-order chi connectivity index (χ0) is 14.7. The molecule has 1 aromatic carbocycles. The first-order valence-corrected chi connectivity index (χ1v) is 7.12. The van der Waals surface area contributed by atoms with Crippen LogP contribution in [-0.2, 0) is 0 Å². The van der Waals surface area contributed by atoms with Gasteiger partial charge in [0.05, 0.1) is 12.8 Å². The minimum atomic E-state index is -0.139. The Labute approximate surface area is 122 Å². The van der Waals surface area contributed by atoms with Crippen LogP contribution < -0.4 is 15.8 Å². The predicted octanol–water partition coefficient (Wildman–Crippen LogP) is 3.19. The van der Waals surface area contributed by atoms with Gasteiger partial charge >= 0.3 is 0 Å². The molecule has 3 N–H and O–H groups in total. The molecule has 4 nitrogen and oxygen atoms in total. The summed E-state index contributed by atoms with van der Waals surface area (Å²) in [7, 11) is 1.62. The van der Waals surface area contributed by atoms with Gasteiger partial charge in [0.2, 0.25) is 0 Å². The van der Waals surface area contributed by atoms with Crippen LogP contribution in [0.25, 0.3) is 10.1 Å². The molecule has 1 aromatic heterocycles. The lowest BCUT2D eigenvalue weighted by atomic mass is 10.2. The second kappa shape index (κ2) is 5.96. The summed E-state index contributed by atoms with van der Waals surface area (Å²) in [5.41, 5.74) is 7.75. The second-order valence-electron chi connectivity index (χ2n) is 4.70. The monoisotopic (exact) mass is 290 g/mol. The van der Waals surface area contributed by atoms with E-state index in [0.29, 0.717) is 17.1 Å².